The molecule has 21 heavy (non-hydrogen) atoms. The standard InChI is InChI=1S/C15H17NO5/c17-13(16-9-15(14(18)19)5-2-6-15)10-3-1-4-11-12(10)21-8-7-20-11/h1,3-4H,2,5-9H2,(H,16,17)(H,18,19). The molecule has 2 N–H and O–H groups in total. The molecular formula is C15H17NO5. The fraction of sp³-hybridized carbons (Fsp3) is 0.467. The fourth-order valence-electron chi connectivity index (χ4n) is 2.67. The van der Waals surface area contributed by atoms with Crippen LogP contribution in [0, 0.1) is 5.41 Å². The van der Waals surface area contributed by atoms with Crippen LogP contribution in [0.5, 0.6) is 11.5 Å². The summed E-state index contributed by atoms with van der Waals surface area (Å²) >= 11 is 0. The zero-order chi connectivity index (χ0) is 14.9. The third-order valence-electron chi connectivity index (χ3n) is 4.16. The molecule has 1 aromatic carbocycles. The first-order chi connectivity index (χ1) is 10.1. The molecule has 0 radical (unpaired) electrons. The average molecular weight is 291 g/mol. The second-order valence-electron chi connectivity index (χ2n) is 5.45. The number of benzene rings is 1. The maximum Gasteiger partial charge on any atom is 0.311 e. The van der Waals surface area contributed by atoms with Gasteiger partial charge in [0.15, 0.2) is 11.5 Å². The molecule has 0 saturated heterocycles. The van der Waals surface area contributed by atoms with Crippen molar-refractivity contribution in [3.8, 4) is 11.5 Å². The summed E-state index contributed by atoms with van der Waals surface area (Å²) in [5, 5.41) is 12.0. The summed E-state index contributed by atoms with van der Waals surface area (Å²) in [5.74, 6) is -0.196. The Morgan fingerprint density at radius 2 is 2.00 bits per heavy atom. The van der Waals surface area contributed by atoms with Crippen molar-refractivity contribution in [3.63, 3.8) is 0 Å². The Bertz CT molecular complexity index is 579. The van der Waals surface area contributed by atoms with Crippen molar-refractivity contribution in [1.82, 2.24) is 5.32 Å². The van der Waals surface area contributed by atoms with Crippen LogP contribution in [0.2, 0.25) is 0 Å². The van der Waals surface area contributed by atoms with Gasteiger partial charge >= 0.3 is 5.97 Å². The van der Waals surface area contributed by atoms with Crippen LogP contribution in [-0.4, -0.2) is 36.7 Å². The first-order valence-electron chi connectivity index (χ1n) is 7.03. The van der Waals surface area contributed by atoms with Gasteiger partial charge in [-0.05, 0) is 25.0 Å². The summed E-state index contributed by atoms with van der Waals surface area (Å²) in [6.45, 7) is 1.00. The van der Waals surface area contributed by atoms with Crippen molar-refractivity contribution in [3.05, 3.63) is 23.8 Å². The lowest BCUT2D eigenvalue weighted by Crippen LogP contribution is -2.47. The molecule has 1 heterocycles. The molecule has 2 aliphatic rings. The third kappa shape index (κ3) is 2.41. The summed E-state index contributed by atoms with van der Waals surface area (Å²) < 4.78 is 10.9. The highest BCUT2D eigenvalue weighted by molar-refractivity contribution is 5.98. The number of aliphatic carboxylic acids is 1. The molecule has 112 valence electrons. The number of nitrogens with one attached hydrogen (secondary N) is 1. The summed E-state index contributed by atoms with van der Waals surface area (Å²) in [4.78, 5) is 23.6. The van der Waals surface area contributed by atoms with Crippen molar-refractivity contribution < 1.29 is 24.2 Å². The van der Waals surface area contributed by atoms with Gasteiger partial charge in [-0.2, -0.15) is 0 Å². The van der Waals surface area contributed by atoms with Gasteiger partial charge in [0.2, 0.25) is 0 Å². The predicted octanol–water partition coefficient (Wildman–Crippen LogP) is 1.44. The Balaban J connectivity index is 1.73. The molecule has 0 spiro atoms. The summed E-state index contributed by atoms with van der Waals surface area (Å²) in [6.07, 6.45) is 2.10. The Hall–Kier alpha value is -2.24. The first-order valence-corrected chi connectivity index (χ1v) is 7.03. The van der Waals surface area contributed by atoms with E-state index in [4.69, 9.17) is 9.47 Å². The molecule has 1 amide bonds. The molecule has 1 aromatic rings. The molecule has 1 aliphatic heterocycles. The molecule has 0 atom stereocenters. The lowest BCUT2D eigenvalue weighted by Gasteiger charge is -2.37. The number of hydrogen-bond donors (Lipinski definition) is 2. The van der Waals surface area contributed by atoms with Gasteiger partial charge in [0.25, 0.3) is 5.91 Å². The minimum atomic E-state index is -0.844. The van der Waals surface area contributed by atoms with E-state index in [0.29, 0.717) is 43.1 Å². The van der Waals surface area contributed by atoms with Crippen LogP contribution in [-0.2, 0) is 4.79 Å². The van der Waals surface area contributed by atoms with Crippen molar-refractivity contribution in [2.24, 2.45) is 5.41 Å². The molecule has 0 unspecified atom stereocenters. The monoisotopic (exact) mass is 291 g/mol. The van der Waals surface area contributed by atoms with Gasteiger partial charge in [-0.3, -0.25) is 9.59 Å². The molecule has 6 heteroatoms. The van der Waals surface area contributed by atoms with Gasteiger partial charge in [-0.1, -0.05) is 12.5 Å². The number of fused-ring (bicyclic) bond motifs is 1. The highest BCUT2D eigenvalue weighted by atomic mass is 16.6. The van der Waals surface area contributed by atoms with E-state index in [0.717, 1.165) is 6.42 Å². The molecule has 0 bridgehead atoms. The van der Waals surface area contributed by atoms with Gasteiger partial charge in [-0.15, -0.1) is 0 Å². The predicted molar refractivity (Wildman–Crippen MR) is 73.7 cm³/mol. The summed E-state index contributed by atoms with van der Waals surface area (Å²) in [5.41, 5.74) is -0.422. The van der Waals surface area contributed by atoms with Crippen LogP contribution in [0.3, 0.4) is 0 Å². The van der Waals surface area contributed by atoms with Crippen molar-refractivity contribution in [1.29, 1.82) is 0 Å². The van der Waals surface area contributed by atoms with Crippen LogP contribution in [0.4, 0.5) is 0 Å². The van der Waals surface area contributed by atoms with Crippen molar-refractivity contribution >= 4 is 11.9 Å². The van der Waals surface area contributed by atoms with E-state index in [9.17, 15) is 14.7 Å². The van der Waals surface area contributed by atoms with Gasteiger partial charge in [0.05, 0.1) is 11.0 Å². The molecular weight excluding hydrogens is 274 g/mol. The number of ether oxygens (including phenoxy) is 2. The van der Waals surface area contributed by atoms with Crippen LogP contribution >= 0.6 is 0 Å². The van der Waals surface area contributed by atoms with Crippen LogP contribution in [0.25, 0.3) is 0 Å². The number of amides is 1. The summed E-state index contributed by atoms with van der Waals surface area (Å²) in [7, 11) is 0. The topological polar surface area (TPSA) is 84.9 Å². The van der Waals surface area contributed by atoms with E-state index < -0.39 is 11.4 Å². The molecule has 3 rings (SSSR count). The van der Waals surface area contributed by atoms with Crippen LogP contribution in [0.15, 0.2) is 18.2 Å². The Morgan fingerprint density at radius 3 is 2.67 bits per heavy atom. The van der Waals surface area contributed by atoms with Gasteiger partial charge in [0.1, 0.15) is 13.2 Å². The SMILES string of the molecule is O=C(NCC1(C(=O)O)CCC1)c1cccc2c1OCCO2. The van der Waals surface area contributed by atoms with Crippen molar-refractivity contribution in [2.45, 2.75) is 19.3 Å². The lowest BCUT2D eigenvalue weighted by molar-refractivity contribution is -0.153. The van der Waals surface area contributed by atoms with E-state index in [1.165, 1.54) is 0 Å². The zero-order valence-electron chi connectivity index (χ0n) is 11.6. The highest BCUT2D eigenvalue weighted by Gasteiger charge is 2.44. The van der Waals surface area contributed by atoms with Crippen molar-refractivity contribution in [2.75, 3.05) is 19.8 Å². The van der Waals surface area contributed by atoms with E-state index in [2.05, 4.69) is 5.32 Å². The maximum atomic E-state index is 12.3. The Labute approximate surface area is 122 Å². The van der Waals surface area contributed by atoms with Crippen LogP contribution < -0.4 is 14.8 Å². The second-order valence-corrected chi connectivity index (χ2v) is 5.45. The van der Waals surface area contributed by atoms with E-state index in [-0.39, 0.29) is 12.5 Å². The number of carboxylic acids is 1. The number of para-hydroxylation sites is 1. The van der Waals surface area contributed by atoms with E-state index in [1.807, 2.05) is 0 Å². The number of carbonyl (C=O) groups is 2. The minimum absolute atomic E-state index is 0.145. The van der Waals surface area contributed by atoms with Crippen LogP contribution in [0.1, 0.15) is 29.6 Å². The number of rotatable bonds is 4. The zero-order valence-corrected chi connectivity index (χ0v) is 11.6. The van der Waals surface area contributed by atoms with Gasteiger partial charge in [-0.25, -0.2) is 0 Å². The lowest BCUT2D eigenvalue weighted by atomic mass is 9.69. The Morgan fingerprint density at radius 1 is 1.24 bits per heavy atom. The third-order valence-corrected chi connectivity index (χ3v) is 4.16. The number of hydrogen-bond acceptors (Lipinski definition) is 4. The van der Waals surface area contributed by atoms with E-state index >= 15 is 0 Å². The Kier molecular flexibility index (Phi) is 3.45. The van der Waals surface area contributed by atoms with Gasteiger partial charge < -0.3 is 19.9 Å². The molecule has 0 aromatic heterocycles. The van der Waals surface area contributed by atoms with Gasteiger partial charge in [0, 0.05) is 6.54 Å². The highest BCUT2D eigenvalue weighted by Crippen LogP contribution is 2.40. The normalized spacial score (nSPS) is 18.5. The quantitative estimate of drug-likeness (QED) is 0.877. The molecule has 6 nitrogen and oxygen atoms in total. The molecule has 1 fully saturated rings. The summed E-state index contributed by atoms with van der Waals surface area (Å²) in [6, 6.07) is 5.12. The molecule has 1 aliphatic carbocycles. The fourth-order valence-corrected chi connectivity index (χ4v) is 2.67. The smallest absolute Gasteiger partial charge is 0.311 e. The second kappa shape index (κ2) is 5.27. The number of carbonyl (C=O) groups excluding carboxylic acids is 1. The minimum Gasteiger partial charge on any atom is -0.486 e. The first kappa shape index (κ1) is 13.7. The number of carboxylic acid groups (broad SMARTS) is 1. The average Bonchev–Trinajstić information content (AvgIpc) is 2.45. The van der Waals surface area contributed by atoms with E-state index in [1.54, 1.807) is 18.2 Å². The maximum absolute atomic E-state index is 12.3. The molecule has 1 saturated carbocycles. The largest absolute Gasteiger partial charge is 0.486 e.